The fraction of sp³-hybridized carbons (Fsp3) is 0.208. The number of aromatic nitrogens is 2. The van der Waals surface area contributed by atoms with E-state index >= 15 is 0 Å². The number of anilines is 1. The first-order valence-electron chi connectivity index (χ1n) is 9.96. The van der Waals surface area contributed by atoms with E-state index in [0.717, 1.165) is 22.5 Å². The Morgan fingerprint density at radius 1 is 1.07 bits per heavy atom. The molecule has 2 aromatic heterocycles. The van der Waals surface area contributed by atoms with Gasteiger partial charge in [-0.15, -0.1) is 0 Å². The molecule has 152 valence electrons. The van der Waals surface area contributed by atoms with Crippen molar-refractivity contribution in [2.75, 3.05) is 4.90 Å². The van der Waals surface area contributed by atoms with Gasteiger partial charge in [-0.3, -0.25) is 14.2 Å². The maximum absolute atomic E-state index is 13.0. The molecule has 0 saturated heterocycles. The highest BCUT2D eigenvalue weighted by Gasteiger charge is 2.17. The predicted octanol–water partition coefficient (Wildman–Crippen LogP) is 4.31. The fourth-order valence-corrected chi connectivity index (χ4v) is 3.52. The largest absolute Gasteiger partial charge is 0.467 e. The van der Waals surface area contributed by atoms with Crippen LogP contribution in [0.5, 0.6) is 0 Å². The zero-order valence-corrected chi connectivity index (χ0v) is 16.8. The van der Waals surface area contributed by atoms with Crippen LogP contribution < -0.4 is 10.5 Å². The molecular weight excluding hydrogens is 378 g/mol. The minimum Gasteiger partial charge on any atom is -0.467 e. The first kappa shape index (κ1) is 19.6. The molecule has 2 heterocycles. The highest BCUT2D eigenvalue weighted by Crippen LogP contribution is 2.19. The van der Waals surface area contributed by atoms with Crippen molar-refractivity contribution in [3.8, 4) is 0 Å². The lowest BCUT2D eigenvalue weighted by molar-refractivity contribution is -0.119. The Bertz CT molecular complexity index is 1200. The second-order valence-corrected chi connectivity index (χ2v) is 7.21. The van der Waals surface area contributed by atoms with Crippen molar-refractivity contribution in [3.05, 3.63) is 94.9 Å². The molecule has 2 aromatic carbocycles. The number of fused-ring (bicyclic) bond motifs is 1. The third-order valence-corrected chi connectivity index (χ3v) is 5.11. The van der Waals surface area contributed by atoms with Crippen LogP contribution in [0.1, 0.15) is 24.2 Å². The van der Waals surface area contributed by atoms with Gasteiger partial charge in [-0.2, -0.15) is 0 Å². The van der Waals surface area contributed by atoms with E-state index in [2.05, 4.69) is 4.98 Å². The van der Waals surface area contributed by atoms with Crippen LogP contribution in [0.4, 0.5) is 5.69 Å². The molecule has 0 atom stereocenters. The van der Waals surface area contributed by atoms with Crippen molar-refractivity contribution >= 4 is 22.5 Å². The molecule has 30 heavy (non-hydrogen) atoms. The Morgan fingerprint density at radius 3 is 2.67 bits per heavy atom. The lowest BCUT2D eigenvalue weighted by Gasteiger charge is -2.22. The third-order valence-electron chi connectivity index (χ3n) is 5.11. The van der Waals surface area contributed by atoms with Crippen molar-refractivity contribution in [3.63, 3.8) is 0 Å². The smallest absolute Gasteiger partial charge is 0.261 e. The van der Waals surface area contributed by atoms with Crippen molar-refractivity contribution in [2.45, 2.75) is 32.9 Å². The molecule has 0 spiro atoms. The molecule has 0 aliphatic heterocycles. The maximum Gasteiger partial charge on any atom is 0.261 e. The number of carbonyl (C=O) groups excluding carboxylic acids is 1. The number of rotatable bonds is 7. The molecule has 0 N–H and O–H groups in total. The molecule has 0 aliphatic carbocycles. The molecule has 6 heteroatoms. The van der Waals surface area contributed by atoms with Crippen molar-refractivity contribution in [1.82, 2.24) is 9.55 Å². The van der Waals surface area contributed by atoms with Crippen molar-refractivity contribution in [1.29, 1.82) is 0 Å². The van der Waals surface area contributed by atoms with Crippen LogP contribution in [0.25, 0.3) is 10.9 Å². The highest BCUT2D eigenvalue weighted by atomic mass is 16.3. The van der Waals surface area contributed by atoms with Gasteiger partial charge in [0.25, 0.3) is 5.56 Å². The van der Waals surface area contributed by atoms with E-state index in [9.17, 15) is 9.59 Å². The molecule has 0 saturated carbocycles. The Morgan fingerprint density at radius 2 is 1.90 bits per heavy atom. The van der Waals surface area contributed by atoms with Crippen LogP contribution >= 0.6 is 0 Å². The second-order valence-electron chi connectivity index (χ2n) is 7.21. The average molecular weight is 401 g/mol. The number of para-hydroxylation sites is 2. The van der Waals surface area contributed by atoms with Crippen LogP contribution in [0.15, 0.2) is 82.5 Å². The number of amides is 1. The summed E-state index contributed by atoms with van der Waals surface area (Å²) in [7, 11) is 0. The summed E-state index contributed by atoms with van der Waals surface area (Å²) in [5.74, 6) is 0.702. The SMILES string of the molecule is Cc1cccc2c(=O)n(CCCC(=O)N(Cc3ccco3)c3ccccc3)cnc12. The summed E-state index contributed by atoms with van der Waals surface area (Å²) in [6.07, 6.45) is 4.02. The first-order chi connectivity index (χ1) is 14.6. The molecular formula is C24H23N3O3. The summed E-state index contributed by atoms with van der Waals surface area (Å²) >= 11 is 0. The zero-order valence-electron chi connectivity index (χ0n) is 16.8. The van der Waals surface area contributed by atoms with E-state index in [1.165, 1.54) is 0 Å². The number of furan rings is 1. The van der Waals surface area contributed by atoms with Gasteiger partial charge in [-0.25, -0.2) is 4.98 Å². The fourth-order valence-electron chi connectivity index (χ4n) is 3.52. The number of aryl methyl sites for hydroxylation is 2. The van der Waals surface area contributed by atoms with Crippen LogP contribution in [0.2, 0.25) is 0 Å². The zero-order chi connectivity index (χ0) is 20.9. The molecule has 0 fully saturated rings. The molecule has 0 aliphatic rings. The van der Waals surface area contributed by atoms with Gasteiger partial charge >= 0.3 is 0 Å². The van der Waals surface area contributed by atoms with Crippen LogP contribution in [0.3, 0.4) is 0 Å². The summed E-state index contributed by atoms with van der Waals surface area (Å²) in [6.45, 7) is 2.74. The topological polar surface area (TPSA) is 68.3 Å². The minimum absolute atomic E-state index is 0.0183. The van der Waals surface area contributed by atoms with Gasteiger partial charge in [-0.1, -0.05) is 30.3 Å². The summed E-state index contributed by atoms with van der Waals surface area (Å²) in [4.78, 5) is 31.9. The van der Waals surface area contributed by atoms with E-state index in [1.54, 1.807) is 28.1 Å². The lowest BCUT2D eigenvalue weighted by atomic mass is 10.1. The molecule has 0 radical (unpaired) electrons. The number of carbonyl (C=O) groups is 1. The summed E-state index contributed by atoms with van der Waals surface area (Å²) in [5, 5.41) is 0.604. The Kier molecular flexibility index (Phi) is 5.75. The van der Waals surface area contributed by atoms with Crippen molar-refractivity contribution in [2.24, 2.45) is 0 Å². The van der Waals surface area contributed by atoms with E-state index in [1.807, 2.05) is 61.5 Å². The number of hydrogen-bond donors (Lipinski definition) is 0. The van der Waals surface area contributed by atoms with Gasteiger partial charge in [-0.05, 0) is 49.2 Å². The molecule has 0 bridgehead atoms. The summed E-state index contributed by atoms with van der Waals surface area (Å²) in [6, 6.07) is 18.8. The molecule has 0 unspecified atom stereocenters. The van der Waals surface area contributed by atoms with Crippen LogP contribution in [0, 0.1) is 6.92 Å². The van der Waals surface area contributed by atoms with E-state index < -0.39 is 0 Å². The first-order valence-corrected chi connectivity index (χ1v) is 9.96. The molecule has 4 aromatic rings. The quantitative estimate of drug-likeness (QED) is 0.463. The maximum atomic E-state index is 13.0. The minimum atomic E-state index is -0.0772. The molecule has 4 rings (SSSR count). The van der Waals surface area contributed by atoms with Gasteiger partial charge in [0.2, 0.25) is 5.91 Å². The van der Waals surface area contributed by atoms with Crippen molar-refractivity contribution < 1.29 is 9.21 Å². The summed E-state index contributed by atoms with van der Waals surface area (Å²) in [5.41, 5.74) is 2.44. The molecule has 6 nitrogen and oxygen atoms in total. The standard InChI is InChI=1S/C24H23N3O3/c1-18-8-5-12-21-23(18)25-17-26(24(21)29)14-6-13-22(28)27(16-20-11-7-15-30-20)19-9-3-2-4-10-19/h2-5,7-12,15,17H,6,13-14,16H2,1H3. The average Bonchev–Trinajstić information content (AvgIpc) is 3.28. The second kappa shape index (κ2) is 8.78. The predicted molar refractivity (Wildman–Crippen MR) is 116 cm³/mol. The van der Waals surface area contributed by atoms with Gasteiger partial charge in [0, 0.05) is 18.7 Å². The Balaban J connectivity index is 1.47. The van der Waals surface area contributed by atoms with Gasteiger partial charge in [0.15, 0.2) is 0 Å². The highest BCUT2D eigenvalue weighted by molar-refractivity contribution is 5.93. The number of hydrogen-bond acceptors (Lipinski definition) is 4. The van der Waals surface area contributed by atoms with E-state index in [-0.39, 0.29) is 11.5 Å². The van der Waals surface area contributed by atoms with Gasteiger partial charge < -0.3 is 9.32 Å². The van der Waals surface area contributed by atoms with E-state index in [4.69, 9.17) is 4.42 Å². The van der Waals surface area contributed by atoms with Crippen LogP contribution in [-0.2, 0) is 17.9 Å². The van der Waals surface area contributed by atoms with Gasteiger partial charge in [0.05, 0.1) is 30.0 Å². The van der Waals surface area contributed by atoms with Crippen LogP contribution in [-0.4, -0.2) is 15.5 Å². The Labute approximate surface area is 174 Å². The molecule has 1 amide bonds. The number of nitrogens with zero attached hydrogens (tertiary/aromatic N) is 3. The van der Waals surface area contributed by atoms with Gasteiger partial charge in [0.1, 0.15) is 5.76 Å². The summed E-state index contributed by atoms with van der Waals surface area (Å²) < 4.78 is 7.01. The Hall–Kier alpha value is -3.67. The monoisotopic (exact) mass is 401 g/mol. The number of benzene rings is 2. The van der Waals surface area contributed by atoms with E-state index in [0.29, 0.717) is 31.3 Å². The normalized spacial score (nSPS) is 11.0. The lowest BCUT2D eigenvalue weighted by Crippen LogP contribution is -2.30. The third kappa shape index (κ3) is 4.17.